The second kappa shape index (κ2) is 12.8. The maximum atomic E-state index is 6.33. The van der Waals surface area contributed by atoms with Crippen LogP contribution in [0.5, 0.6) is 23.0 Å². The van der Waals surface area contributed by atoms with Crippen LogP contribution >= 0.6 is 16.8 Å². The van der Waals surface area contributed by atoms with E-state index < -0.39 is 16.8 Å². The lowest BCUT2D eigenvalue weighted by atomic mass is 10.2. The second-order valence-corrected chi connectivity index (χ2v) is 11.7. The van der Waals surface area contributed by atoms with Crippen LogP contribution in [0.1, 0.15) is 22.3 Å². The Morgan fingerprint density at radius 2 is 0.556 bits per heavy atom. The molecule has 0 aromatic heterocycles. The molecule has 0 aliphatic heterocycles. The van der Waals surface area contributed by atoms with Gasteiger partial charge >= 0.3 is 0 Å². The van der Waals surface area contributed by atoms with E-state index in [9.17, 15) is 0 Å². The molecule has 6 heteroatoms. The summed E-state index contributed by atoms with van der Waals surface area (Å²) < 4.78 is 25.3. The molecule has 0 saturated carbocycles. The van der Waals surface area contributed by atoms with Crippen LogP contribution in [-0.4, -0.2) is 12.3 Å². The first-order valence-corrected chi connectivity index (χ1v) is 14.7. The van der Waals surface area contributed by atoms with E-state index in [0.29, 0.717) is 12.3 Å². The third kappa shape index (κ3) is 8.26. The molecule has 0 radical (unpaired) electrons. The Bertz CT molecular complexity index is 1010. The Morgan fingerprint density at radius 1 is 0.361 bits per heavy atom. The van der Waals surface area contributed by atoms with Gasteiger partial charge < -0.3 is 18.1 Å². The molecule has 4 aromatic carbocycles. The van der Waals surface area contributed by atoms with Crippen LogP contribution in [0.3, 0.4) is 0 Å². The molecule has 0 heterocycles. The third-order valence-corrected chi connectivity index (χ3v) is 8.57. The molecule has 0 fully saturated rings. The summed E-state index contributed by atoms with van der Waals surface area (Å²) in [4.78, 5) is 0. The number of aryl methyl sites for hydroxylation is 4. The molecule has 0 bridgehead atoms. The van der Waals surface area contributed by atoms with Gasteiger partial charge in [0.05, 0.1) is 12.3 Å². The van der Waals surface area contributed by atoms with Gasteiger partial charge in [0.2, 0.25) is 0 Å². The Kier molecular flexibility index (Phi) is 9.23. The van der Waals surface area contributed by atoms with Crippen LogP contribution < -0.4 is 18.1 Å². The molecule has 0 aliphatic carbocycles. The van der Waals surface area contributed by atoms with Gasteiger partial charge in [0.1, 0.15) is 23.0 Å². The molecule has 0 aliphatic rings. The van der Waals surface area contributed by atoms with Crippen LogP contribution in [0.2, 0.25) is 0 Å². The summed E-state index contributed by atoms with van der Waals surface area (Å²) in [6, 6.07) is 32.2. The van der Waals surface area contributed by atoms with Crippen LogP contribution in [0.25, 0.3) is 0 Å². The van der Waals surface area contributed by atoms with E-state index >= 15 is 0 Å². The Balaban J connectivity index is 1.50. The highest BCUT2D eigenvalue weighted by molar-refractivity contribution is 7.52. The Hall–Kier alpha value is -3.06. The number of hydrogen-bond donors (Lipinski definition) is 0. The summed E-state index contributed by atoms with van der Waals surface area (Å²) in [5.41, 5.74) is 4.75. The molecule has 186 valence electrons. The van der Waals surface area contributed by atoms with Crippen molar-refractivity contribution in [1.82, 2.24) is 0 Å². The summed E-state index contributed by atoms with van der Waals surface area (Å²) in [6.07, 6.45) is 1.31. The van der Waals surface area contributed by atoms with Crippen molar-refractivity contribution >= 4 is 16.8 Å². The molecule has 4 nitrogen and oxygen atoms in total. The van der Waals surface area contributed by atoms with Crippen molar-refractivity contribution in [3.05, 3.63) is 119 Å². The van der Waals surface area contributed by atoms with Crippen molar-refractivity contribution in [2.24, 2.45) is 0 Å². The standard InChI is InChI=1S/C30H32O4P2/c1-23-5-13-27(14-6-23)31-35(32-28-15-7-24(2)8-16-28)21-22-36(33-29-17-9-25(3)10-18-29)34-30-19-11-26(4)12-20-30/h5-20H,21-22H2,1-4H3. The third-order valence-electron chi connectivity index (χ3n) is 5.38. The molecular weight excluding hydrogens is 486 g/mol. The highest BCUT2D eigenvalue weighted by Gasteiger charge is 2.22. The van der Waals surface area contributed by atoms with Gasteiger partial charge in [-0.3, -0.25) is 0 Å². The molecule has 0 atom stereocenters. The number of benzene rings is 4. The molecule has 4 aromatic rings. The molecule has 4 rings (SSSR count). The minimum Gasteiger partial charge on any atom is -0.439 e. The Morgan fingerprint density at radius 3 is 0.750 bits per heavy atom. The smallest absolute Gasteiger partial charge is 0.290 e. The number of hydrogen-bond acceptors (Lipinski definition) is 4. The van der Waals surface area contributed by atoms with Crippen molar-refractivity contribution < 1.29 is 18.1 Å². The van der Waals surface area contributed by atoms with E-state index in [0.717, 1.165) is 23.0 Å². The van der Waals surface area contributed by atoms with Crippen LogP contribution in [0, 0.1) is 27.7 Å². The lowest BCUT2D eigenvalue weighted by molar-refractivity contribution is 0.479. The van der Waals surface area contributed by atoms with E-state index in [1.165, 1.54) is 22.3 Å². The Labute approximate surface area is 217 Å². The van der Waals surface area contributed by atoms with Crippen molar-refractivity contribution in [3.63, 3.8) is 0 Å². The van der Waals surface area contributed by atoms with Gasteiger partial charge in [0.15, 0.2) is 0 Å². The molecule has 0 spiro atoms. The highest BCUT2D eigenvalue weighted by atomic mass is 31.2. The summed E-state index contributed by atoms with van der Waals surface area (Å²) in [7, 11) is -2.54. The van der Waals surface area contributed by atoms with Crippen molar-refractivity contribution in [2.75, 3.05) is 12.3 Å². The summed E-state index contributed by atoms with van der Waals surface area (Å²) in [6.45, 7) is 8.25. The van der Waals surface area contributed by atoms with Gasteiger partial charge in [-0.15, -0.1) is 0 Å². The molecule has 0 amide bonds. The zero-order valence-corrected chi connectivity index (χ0v) is 23.0. The fourth-order valence-corrected chi connectivity index (χ4v) is 6.42. The molecule has 0 unspecified atom stereocenters. The summed E-state index contributed by atoms with van der Waals surface area (Å²) in [5.74, 6) is 3.17. The van der Waals surface area contributed by atoms with E-state index in [-0.39, 0.29) is 0 Å². The van der Waals surface area contributed by atoms with Crippen molar-refractivity contribution in [1.29, 1.82) is 0 Å². The minimum atomic E-state index is -1.27. The molecule has 36 heavy (non-hydrogen) atoms. The van der Waals surface area contributed by atoms with Gasteiger partial charge in [0.25, 0.3) is 16.8 Å². The van der Waals surface area contributed by atoms with Crippen molar-refractivity contribution in [2.45, 2.75) is 27.7 Å². The summed E-state index contributed by atoms with van der Waals surface area (Å²) >= 11 is 0. The minimum absolute atomic E-state index is 0.653. The highest BCUT2D eigenvalue weighted by Crippen LogP contribution is 2.47. The zero-order chi connectivity index (χ0) is 25.3. The fraction of sp³-hybridized carbons (Fsp3) is 0.200. The lowest BCUT2D eigenvalue weighted by Crippen LogP contribution is -2.07. The largest absolute Gasteiger partial charge is 0.439 e. The van der Waals surface area contributed by atoms with Gasteiger partial charge in [-0.05, 0) is 76.2 Å². The first-order chi connectivity index (χ1) is 17.4. The summed E-state index contributed by atoms with van der Waals surface area (Å²) in [5, 5.41) is 0. The van der Waals surface area contributed by atoms with E-state index in [1.807, 2.05) is 97.1 Å². The average Bonchev–Trinajstić information content (AvgIpc) is 2.88. The topological polar surface area (TPSA) is 36.9 Å². The maximum Gasteiger partial charge on any atom is 0.290 e. The second-order valence-electron chi connectivity index (χ2n) is 8.73. The van der Waals surface area contributed by atoms with E-state index in [2.05, 4.69) is 27.7 Å². The van der Waals surface area contributed by atoms with Crippen LogP contribution in [0.15, 0.2) is 97.1 Å². The van der Waals surface area contributed by atoms with E-state index in [4.69, 9.17) is 18.1 Å². The van der Waals surface area contributed by atoms with Crippen LogP contribution in [-0.2, 0) is 0 Å². The number of rotatable bonds is 11. The first kappa shape index (κ1) is 26.0. The van der Waals surface area contributed by atoms with Gasteiger partial charge in [-0.2, -0.15) is 0 Å². The molecular formula is C30H32O4P2. The SMILES string of the molecule is Cc1ccc(OP(CCP(Oc2ccc(C)cc2)Oc2ccc(C)cc2)Oc2ccc(C)cc2)cc1. The van der Waals surface area contributed by atoms with Crippen molar-refractivity contribution in [3.8, 4) is 23.0 Å². The van der Waals surface area contributed by atoms with E-state index in [1.54, 1.807) is 0 Å². The fourth-order valence-electron chi connectivity index (χ4n) is 3.25. The maximum absolute atomic E-state index is 6.33. The molecule has 0 N–H and O–H groups in total. The normalized spacial score (nSPS) is 10.9. The monoisotopic (exact) mass is 518 g/mol. The van der Waals surface area contributed by atoms with Gasteiger partial charge in [0, 0.05) is 0 Å². The van der Waals surface area contributed by atoms with Gasteiger partial charge in [-0.25, -0.2) is 0 Å². The van der Waals surface area contributed by atoms with Crippen LogP contribution in [0.4, 0.5) is 0 Å². The molecule has 0 saturated heterocycles. The predicted molar refractivity (Wildman–Crippen MR) is 151 cm³/mol. The van der Waals surface area contributed by atoms with Gasteiger partial charge in [-0.1, -0.05) is 70.8 Å². The average molecular weight is 519 g/mol. The first-order valence-electron chi connectivity index (χ1n) is 12.0. The predicted octanol–water partition coefficient (Wildman–Crippen LogP) is 9.16. The lowest BCUT2D eigenvalue weighted by Gasteiger charge is -2.22. The quantitative estimate of drug-likeness (QED) is 0.186. The zero-order valence-electron chi connectivity index (χ0n) is 21.2.